The van der Waals surface area contributed by atoms with Crippen LogP contribution >= 0.6 is 0 Å². The third kappa shape index (κ3) is 6.67. The molecule has 2 aromatic heterocycles. The lowest BCUT2D eigenvalue weighted by atomic mass is 9.33. The third-order valence-electron chi connectivity index (χ3n) is 16.3. The van der Waals surface area contributed by atoms with Crippen molar-refractivity contribution in [2.75, 3.05) is 9.80 Å². The van der Waals surface area contributed by atoms with Crippen LogP contribution in [0.25, 0.3) is 88.4 Å². The minimum Gasteiger partial charge on any atom is -0.311 e. The summed E-state index contributed by atoms with van der Waals surface area (Å²) in [6.45, 7) is -0.167. The van der Waals surface area contributed by atoms with E-state index in [2.05, 4.69) is 304 Å². The molecule has 4 nitrogen and oxygen atoms in total. The molecule has 0 N–H and O–H groups in total. The zero-order chi connectivity index (χ0) is 50.6. The van der Waals surface area contributed by atoms with E-state index in [4.69, 9.17) is 0 Å². The number of hydrogen-bond acceptors (Lipinski definition) is 2. The Labute approximate surface area is 447 Å². The highest BCUT2D eigenvalue weighted by Gasteiger charge is 2.45. The van der Waals surface area contributed by atoms with Gasteiger partial charge in [-0.05, 0) is 135 Å². The number of nitrogens with zero attached hydrogens (tertiary/aromatic N) is 4. The quantitative estimate of drug-likeness (QED) is 0.148. The zero-order valence-corrected chi connectivity index (χ0v) is 42.0. The van der Waals surface area contributed by atoms with E-state index in [0.29, 0.717) is 0 Å². The molecule has 0 saturated heterocycles. The Bertz CT molecular complexity index is 4530. The molecule has 0 unspecified atom stereocenters. The van der Waals surface area contributed by atoms with Crippen LogP contribution in [0, 0.1) is 0 Å². The lowest BCUT2D eigenvalue weighted by Crippen LogP contribution is -2.61. The lowest BCUT2D eigenvalue weighted by molar-refractivity contribution is 1.16. The van der Waals surface area contributed by atoms with E-state index in [9.17, 15) is 0 Å². The van der Waals surface area contributed by atoms with Crippen LogP contribution in [0.15, 0.2) is 285 Å². The summed E-state index contributed by atoms with van der Waals surface area (Å²) in [5, 5.41) is 4.96. The summed E-state index contributed by atoms with van der Waals surface area (Å²) in [6.07, 6.45) is 0. The fourth-order valence-corrected chi connectivity index (χ4v) is 13.0. The summed E-state index contributed by atoms with van der Waals surface area (Å²) in [5.74, 6) is 0. The minimum absolute atomic E-state index is 0.167. The Morgan fingerprint density at radius 3 is 1.18 bits per heavy atom. The van der Waals surface area contributed by atoms with Gasteiger partial charge in [-0.2, -0.15) is 0 Å². The maximum Gasteiger partial charge on any atom is 0.253 e. The summed E-state index contributed by atoms with van der Waals surface area (Å²) in [4.78, 5) is 5.13. The number of para-hydroxylation sites is 4. The van der Waals surface area contributed by atoms with E-state index in [1.807, 2.05) is 0 Å². The molecule has 0 radical (unpaired) electrons. The van der Waals surface area contributed by atoms with Gasteiger partial charge in [-0.25, -0.2) is 0 Å². The lowest BCUT2D eigenvalue weighted by Gasteiger charge is -2.45. The van der Waals surface area contributed by atoms with Crippen LogP contribution in [-0.2, 0) is 0 Å². The first kappa shape index (κ1) is 43.3. The molecule has 16 rings (SSSR count). The van der Waals surface area contributed by atoms with Gasteiger partial charge in [-0.1, -0.05) is 200 Å². The molecule has 0 bridgehead atoms. The Balaban J connectivity index is 1.06. The van der Waals surface area contributed by atoms with E-state index in [1.54, 1.807) is 0 Å². The van der Waals surface area contributed by atoms with Gasteiger partial charge in [0.05, 0.1) is 27.8 Å². The van der Waals surface area contributed by atoms with Gasteiger partial charge in [0.1, 0.15) is 0 Å². The molecular formula is C72H47BN4. The predicted molar refractivity (Wildman–Crippen MR) is 325 cm³/mol. The summed E-state index contributed by atoms with van der Waals surface area (Å²) in [5.41, 5.74) is 24.7. The third-order valence-corrected chi connectivity index (χ3v) is 16.3. The van der Waals surface area contributed by atoms with Crippen LogP contribution in [0.1, 0.15) is 0 Å². The monoisotopic (exact) mass is 978 g/mol. The molecule has 0 aliphatic carbocycles. The SMILES string of the molecule is c1ccc(-c2ccc(N3c4ccc(-c5ccccc5)cc4B4c5c3cc(-n3c6ccccc6c6ccccc63)cc5N(c3ccc(-c5ccccc5)cc3)c3ccc5c(c34)c3ccccc3n5-c3ccccc3)cc2)cc1. The van der Waals surface area contributed by atoms with E-state index >= 15 is 0 Å². The van der Waals surface area contributed by atoms with Gasteiger partial charge in [0.15, 0.2) is 0 Å². The normalized spacial score (nSPS) is 12.6. The Kier molecular flexibility index (Phi) is 9.70. The number of anilines is 6. The van der Waals surface area contributed by atoms with Crippen LogP contribution in [0.4, 0.5) is 34.1 Å². The van der Waals surface area contributed by atoms with Crippen molar-refractivity contribution in [2.24, 2.45) is 0 Å². The van der Waals surface area contributed by atoms with Crippen molar-refractivity contribution in [2.45, 2.75) is 0 Å². The van der Waals surface area contributed by atoms with Gasteiger partial charge < -0.3 is 18.9 Å². The van der Waals surface area contributed by atoms with Crippen molar-refractivity contribution in [3.63, 3.8) is 0 Å². The minimum atomic E-state index is -0.167. The molecule has 358 valence electrons. The Morgan fingerprint density at radius 1 is 0.234 bits per heavy atom. The number of hydrogen-bond donors (Lipinski definition) is 0. The maximum absolute atomic E-state index is 2.58. The highest BCUT2D eigenvalue weighted by molar-refractivity contribution is 7.02. The van der Waals surface area contributed by atoms with Crippen LogP contribution in [-0.4, -0.2) is 15.8 Å². The van der Waals surface area contributed by atoms with Crippen LogP contribution in [0.2, 0.25) is 0 Å². The van der Waals surface area contributed by atoms with Crippen molar-refractivity contribution < 1.29 is 0 Å². The molecule has 14 aromatic rings. The number of fused-ring (bicyclic) bond motifs is 11. The number of aromatic nitrogens is 2. The molecule has 12 aromatic carbocycles. The van der Waals surface area contributed by atoms with Gasteiger partial charge in [0.25, 0.3) is 6.71 Å². The molecule has 0 amide bonds. The summed E-state index contributed by atoms with van der Waals surface area (Å²) in [7, 11) is 0. The smallest absolute Gasteiger partial charge is 0.253 e. The summed E-state index contributed by atoms with van der Waals surface area (Å²) < 4.78 is 4.96. The van der Waals surface area contributed by atoms with Crippen LogP contribution in [0.3, 0.4) is 0 Å². The van der Waals surface area contributed by atoms with Crippen molar-refractivity contribution in [3.05, 3.63) is 285 Å². The molecule has 2 aliphatic heterocycles. The Hall–Kier alpha value is -10.1. The molecule has 77 heavy (non-hydrogen) atoms. The zero-order valence-electron chi connectivity index (χ0n) is 42.0. The summed E-state index contributed by atoms with van der Waals surface area (Å²) in [6, 6.07) is 105. The molecule has 2 aliphatic rings. The van der Waals surface area contributed by atoms with Crippen LogP contribution in [0.5, 0.6) is 0 Å². The van der Waals surface area contributed by atoms with Gasteiger partial charge >= 0.3 is 0 Å². The fraction of sp³-hybridized carbons (Fsp3) is 0. The first-order valence-electron chi connectivity index (χ1n) is 26.6. The number of rotatable bonds is 7. The highest BCUT2D eigenvalue weighted by atomic mass is 15.2. The van der Waals surface area contributed by atoms with E-state index < -0.39 is 0 Å². The molecular weight excluding hydrogens is 932 g/mol. The summed E-state index contributed by atoms with van der Waals surface area (Å²) >= 11 is 0. The molecule has 0 atom stereocenters. The van der Waals surface area contributed by atoms with Gasteiger partial charge in [0, 0.05) is 61.4 Å². The standard InChI is InChI=1S/C72H47BN4/c1-5-19-48(20-6-1)51-33-38-55(39-34-51)75-65-42-37-53(50-23-9-3-10-24-50)45-61(65)73-71-68(75)46-57(77-62-30-16-13-27-58(62)59-28-14-17-31-63(59)77)47-69(71)76(56-40-35-52(36-41-56)49-21-7-2-8-22-49)67-44-43-66-70(72(67)73)60-29-15-18-32-64(60)74(66)54-25-11-4-12-26-54/h1-47H. The van der Waals surface area contributed by atoms with Gasteiger partial charge in [-0.3, -0.25) is 0 Å². The number of benzene rings is 12. The second-order valence-electron chi connectivity index (χ2n) is 20.4. The average Bonchev–Trinajstić information content (AvgIpc) is 4.22. The highest BCUT2D eigenvalue weighted by Crippen LogP contribution is 2.49. The second kappa shape index (κ2) is 17.2. The fourth-order valence-electron chi connectivity index (χ4n) is 13.0. The van der Waals surface area contributed by atoms with E-state index in [0.717, 1.165) is 39.8 Å². The first-order valence-corrected chi connectivity index (χ1v) is 26.6. The maximum atomic E-state index is 2.58. The molecule has 5 heteroatoms. The van der Waals surface area contributed by atoms with E-state index in [-0.39, 0.29) is 6.71 Å². The topological polar surface area (TPSA) is 16.3 Å². The van der Waals surface area contributed by atoms with Crippen molar-refractivity contribution in [1.29, 1.82) is 0 Å². The Morgan fingerprint density at radius 2 is 0.636 bits per heavy atom. The second-order valence-corrected chi connectivity index (χ2v) is 20.4. The average molecular weight is 979 g/mol. The predicted octanol–water partition coefficient (Wildman–Crippen LogP) is 17.0. The van der Waals surface area contributed by atoms with E-state index in [1.165, 1.54) is 99.1 Å². The molecule has 0 spiro atoms. The van der Waals surface area contributed by atoms with Gasteiger partial charge in [-0.15, -0.1) is 0 Å². The van der Waals surface area contributed by atoms with Gasteiger partial charge in [0.2, 0.25) is 0 Å². The van der Waals surface area contributed by atoms with Crippen LogP contribution < -0.4 is 26.2 Å². The molecule has 4 heterocycles. The molecule has 0 fully saturated rings. The van der Waals surface area contributed by atoms with Crippen molar-refractivity contribution >= 4 is 101 Å². The van der Waals surface area contributed by atoms with Crippen molar-refractivity contribution in [1.82, 2.24) is 9.13 Å². The first-order chi connectivity index (χ1) is 38.2. The van der Waals surface area contributed by atoms with Crippen molar-refractivity contribution in [3.8, 4) is 44.8 Å². The molecule has 0 saturated carbocycles. The largest absolute Gasteiger partial charge is 0.311 e.